The van der Waals surface area contributed by atoms with E-state index in [1.807, 2.05) is 0 Å². The van der Waals surface area contributed by atoms with E-state index in [1.54, 1.807) is 30.7 Å². The topological polar surface area (TPSA) is 107 Å². The number of primary sulfonamides is 1. The molecule has 3 aromatic rings. The Morgan fingerprint density at radius 3 is 2.48 bits per heavy atom. The second-order valence-corrected chi connectivity index (χ2v) is 9.34. The highest BCUT2D eigenvalue weighted by Gasteiger charge is 2.26. The van der Waals surface area contributed by atoms with E-state index in [1.165, 1.54) is 24.3 Å². The number of amides is 1. The zero-order valence-electron chi connectivity index (χ0n) is 17.3. The Morgan fingerprint density at radius 1 is 1.13 bits per heavy atom. The van der Waals surface area contributed by atoms with Gasteiger partial charge in [-0.05, 0) is 87.1 Å². The van der Waals surface area contributed by atoms with Gasteiger partial charge in [-0.1, -0.05) is 0 Å². The average molecular weight is 443 g/mol. The van der Waals surface area contributed by atoms with Crippen LogP contribution in [0.5, 0.6) is 0 Å². The number of nitrogens with zero attached hydrogens (tertiary/aromatic N) is 2. The van der Waals surface area contributed by atoms with Crippen LogP contribution in [-0.4, -0.2) is 24.1 Å². The summed E-state index contributed by atoms with van der Waals surface area (Å²) in [6.07, 6.45) is 3.41. The van der Waals surface area contributed by atoms with E-state index in [0.29, 0.717) is 23.4 Å². The summed E-state index contributed by atoms with van der Waals surface area (Å²) >= 11 is 0. The SMILES string of the molecule is Cc1cc(S(N)(=O)=O)cc(NC(=O)c2nn(-c3ccc(F)cc3)c3c2CCCC3)c1C. The van der Waals surface area contributed by atoms with Crippen molar-refractivity contribution in [1.29, 1.82) is 0 Å². The summed E-state index contributed by atoms with van der Waals surface area (Å²) in [5.74, 6) is -0.767. The van der Waals surface area contributed by atoms with Crippen molar-refractivity contribution in [2.24, 2.45) is 5.14 Å². The summed E-state index contributed by atoms with van der Waals surface area (Å²) in [4.78, 5) is 13.1. The smallest absolute Gasteiger partial charge is 0.276 e. The van der Waals surface area contributed by atoms with Crippen molar-refractivity contribution >= 4 is 21.6 Å². The molecule has 9 heteroatoms. The molecule has 0 radical (unpaired) electrons. The molecule has 0 saturated carbocycles. The number of halogens is 1. The van der Waals surface area contributed by atoms with Crippen LogP contribution in [0.4, 0.5) is 10.1 Å². The molecule has 0 aliphatic heterocycles. The number of hydrogen-bond donors (Lipinski definition) is 2. The van der Waals surface area contributed by atoms with Gasteiger partial charge in [0.15, 0.2) is 5.69 Å². The van der Waals surface area contributed by atoms with Crippen molar-refractivity contribution in [3.63, 3.8) is 0 Å². The van der Waals surface area contributed by atoms with Crippen molar-refractivity contribution in [3.05, 3.63) is 70.3 Å². The monoisotopic (exact) mass is 442 g/mol. The van der Waals surface area contributed by atoms with Gasteiger partial charge in [0.1, 0.15) is 5.82 Å². The van der Waals surface area contributed by atoms with E-state index in [4.69, 9.17) is 5.14 Å². The molecule has 162 valence electrons. The number of carbonyl (C=O) groups excluding carboxylic acids is 1. The molecule has 1 amide bonds. The number of hydrogen-bond acceptors (Lipinski definition) is 4. The van der Waals surface area contributed by atoms with Crippen LogP contribution in [-0.2, 0) is 22.9 Å². The fraction of sp³-hybridized carbons (Fsp3) is 0.273. The van der Waals surface area contributed by atoms with Gasteiger partial charge >= 0.3 is 0 Å². The normalized spacial score (nSPS) is 13.7. The van der Waals surface area contributed by atoms with Gasteiger partial charge < -0.3 is 5.32 Å². The molecule has 31 heavy (non-hydrogen) atoms. The largest absolute Gasteiger partial charge is 0.320 e. The number of sulfonamides is 1. The molecule has 3 N–H and O–H groups in total. The molecule has 1 aliphatic carbocycles. The maximum atomic E-state index is 13.4. The summed E-state index contributed by atoms with van der Waals surface area (Å²) in [7, 11) is -3.92. The molecule has 0 spiro atoms. The van der Waals surface area contributed by atoms with Gasteiger partial charge in [-0.25, -0.2) is 22.6 Å². The van der Waals surface area contributed by atoms with Gasteiger partial charge in [0.2, 0.25) is 10.0 Å². The lowest BCUT2D eigenvalue weighted by Gasteiger charge is -2.15. The number of rotatable bonds is 4. The van der Waals surface area contributed by atoms with Gasteiger partial charge in [-0.3, -0.25) is 4.79 Å². The highest BCUT2D eigenvalue weighted by atomic mass is 32.2. The summed E-state index contributed by atoms with van der Waals surface area (Å²) in [5.41, 5.74) is 4.58. The molecule has 0 fully saturated rings. The van der Waals surface area contributed by atoms with Crippen LogP contribution < -0.4 is 10.5 Å². The fourth-order valence-corrected chi connectivity index (χ4v) is 4.50. The quantitative estimate of drug-likeness (QED) is 0.646. The van der Waals surface area contributed by atoms with Crippen LogP contribution in [0, 0.1) is 19.7 Å². The molecule has 1 heterocycles. The third kappa shape index (κ3) is 4.11. The summed E-state index contributed by atoms with van der Waals surface area (Å²) in [5, 5.41) is 12.6. The lowest BCUT2D eigenvalue weighted by molar-refractivity contribution is 0.102. The van der Waals surface area contributed by atoms with Crippen LogP contribution in [0.15, 0.2) is 41.3 Å². The lowest BCUT2D eigenvalue weighted by Crippen LogP contribution is -2.18. The Bertz CT molecular complexity index is 1280. The van der Waals surface area contributed by atoms with Crippen LogP contribution in [0.1, 0.15) is 45.7 Å². The van der Waals surface area contributed by atoms with E-state index in [9.17, 15) is 17.6 Å². The Morgan fingerprint density at radius 2 is 1.81 bits per heavy atom. The Hall–Kier alpha value is -3.04. The first-order valence-electron chi connectivity index (χ1n) is 9.97. The van der Waals surface area contributed by atoms with E-state index < -0.39 is 15.9 Å². The Kier molecular flexibility index (Phi) is 5.40. The summed E-state index contributed by atoms with van der Waals surface area (Å²) < 4.78 is 38.7. The first-order valence-corrected chi connectivity index (χ1v) is 11.5. The molecule has 7 nitrogen and oxygen atoms in total. The molecule has 0 bridgehead atoms. The molecule has 0 atom stereocenters. The Balaban J connectivity index is 1.75. The van der Waals surface area contributed by atoms with Crippen molar-refractivity contribution in [1.82, 2.24) is 9.78 Å². The standard InChI is InChI=1S/C22H23FN4O3S/c1-13-11-17(31(24,29)30)12-19(14(13)2)25-22(28)21-18-5-3-4-6-20(18)27(26-21)16-9-7-15(23)8-10-16/h7-12H,3-6H2,1-2H3,(H,25,28)(H2,24,29,30). The minimum absolute atomic E-state index is 0.0650. The molecule has 0 saturated heterocycles. The second-order valence-electron chi connectivity index (χ2n) is 7.78. The molecule has 4 rings (SSSR count). The van der Waals surface area contributed by atoms with Crippen LogP contribution in [0.3, 0.4) is 0 Å². The van der Waals surface area contributed by atoms with Gasteiger partial charge in [0.05, 0.1) is 10.6 Å². The highest BCUT2D eigenvalue weighted by molar-refractivity contribution is 7.89. The van der Waals surface area contributed by atoms with Crippen LogP contribution >= 0.6 is 0 Å². The second kappa shape index (κ2) is 7.90. The molecule has 1 aromatic heterocycles. The number of fused-ring (bicyclic) bond motifs is 1. The predicted molar refractivity (Wildman–Crippen MR) is 115 cm³/mol. The number of anilines is 1. The number of benzene rings is 2. The number of aryl methyl sites for hydroxylation is 1. The number of nitrogens with two attached hydrogens (primary N) is 1. The zero-order chi connectivity index (χ0) is 22.3. The number of aromatic nitrogens is 2. The Labute approximate surface area is 180 Å². The average Bonchev–Trinajstić information content (AvgIpc) is 3.11. The minimum atomic E-state index is -3.92. The summed E-state index contributed by atoms with van der Waals surface area (Å²) in [6, 6.07) is 8.81. The summed E-state index contributed by atoms with van der Waals surface area (Å²) in [6.45, 7) is 3.55. The maximum absolute atomic E-state index is 13.4. The number of nitrogens with one attached hydrogen (secondary N) is 1. The van der Waals surface area contributed by atoms with E-state index >= 15 is 0 Å². The van der Waals surface area contributed by atoms with Crippen molar-refractivity contribution in [2.45, 2.75) is 44.4 Å². The molecule has 0 unspecified atom stereocenters. The third-order valence-corrected chi connectivity index (χ3v) is 6.58. The fourth-order valence-electron chi connectivity index (χ4n) is 3.88. The number of carbonyl (C=O) groups is 1. The van der Waals surface area contributed by atoms with Gasteiger partial charge in [-0.2, -0.15) is 5.10 Å². The zero-order valence-corrected chi connectivity index (χ0v) is 18.1. The van der Waals surface area contributed by atoms with E-state index in [2.05, 4.69) is 10.4 Å². The van der Waals surface area contributed by atoms with E-state index in [-0.39, 0.29) is 16.4 Å². The first-order chi connectivity index (χ1) is 14.6. The maximum Gasteiger partial charge on any atom is 0.276 e. The molecular formula is C22H23FN4O3S. The molecular weight excluding hydrogens is 419 g/mol. The predicted octanol–water partition coefficient (Wildman–Crippen LogP) is 3.41. The first kappa shape index (κ1) is 21.2. The van der Waals surface area contributed by atoms with Crippen molar-refractivity contribution in [3.8, 4) is 5.69 Å². The van der Waals surface area contributed by atoms with Gasteiger partial charge in [-0.15, -0.1) is 0 Å². The highest BCUT2D eigenvalue weighted by Crippen LogP contribution is 2.29. The molecule has 2 aromatic carbocycles. The minimum Gasteiger partial charge on any atom is -0.320 e. The van der Waals surface area contributed by atoms with E-state index in [0.717, 1.165) is 36.1 Å². The van der Waals surface area contributed by atoms with Gasteiger partial charge in [0, 0.05) is 16.9 Å². The van der Waals surface area contributed by atoms with Gasteiger partial charge in [0.25, 0.3) is 5.91 Å². The molecule has 1 aliphatic rings. The lowest BCUT2D eigenvalue weighted by atomic mass is 9.95. The third-order valence-electron chi connectivity index (χ3n) is 5.68. The van der Waals surface area contributed by atoms with Crippen molar-refractivity contribution < 1.29 is 17.6 Å². The van der Waals surface area contributed by atoms with Crippen LogP contribution in [0.2, 0.25) is 0 Å². The van der Waals surface area contributed by atoms with Crippen molar-refractivity contribution in [2.75, 3.05) is 5.32 Å². The van der Waals surface area contributed by atoms with Crippen LogP contribution in [0.25, 0.3) is 5.69 Å².